The van der Waals surface area contributed by atoms with Crippen LogP contribution >= 0.6 is 11.8 Å². The van der Waals surface area contributed by atoms with Gasteiger partial charge in [-0.25, -0.2) is 0 Å². The molecule has 0 spiro atoms. The fourth-order valence-electron chi connectivity index (χ4n) is 6.64. The summed E-state index contributed by atoms with van der Waals surface area (Å²) in [6.45, 7) is 7.40. The van der Waals surface area contributed by atoms with Gasteiger partial charge < -0.3 is 24.2 Å². The van der Waals surface area contributed by atoms with Gasteiger partial charge >= 0.3 is 0 Å². The Morgan fingerprint density at radius 1 is 1.21 bits per heavy atom. The largest absolute Gasteiger partial charge is 0.393 e. The van der Waals surface area contributed by atoms with Gasteiger partial charge in [0.05, 0.1) is 25.4 Å². The summed E-state index contributed by atoms with van der Waals surface area (Å²) in [7, 11) is 1.67. The minimum atomic E-state index is -0.397. The van der Waals surface area contributed by atoms with E-state index >= 15 is 0 Å². The Morgan fingerprint density at radius 2 is 1.97 bits per heavy atom. The van der Waals surface area contributed by atoms with Crippen molar-refractivity contribution in [3.63, 3.8) is 0 Å². The Morgan fingerprint density at radius 3 is 2.69 bits per heavy atom. The number of carbonyl (C=O) groups is 1. The lowest BCUT2D eigenvalue weighted by atomic mass is 9.46. The van der Waals surface area contributed by atoms with Gasteiger partial charge in [-0.15, -0.1) is 0 Å². The van der Waals surface area contributed by atoms with Crippen LogP contribution in [0.15, 0.2) is 0 Å². The summed E-state index contributed by atoms with van der Waals surface area (Å²) in [5, 5.41) is 11.0. The van der Waals surface area contributed by atoms with E-state index in [9.17, 15) is 9.90 Å². The molecule has 0 aromatic carbocycles. The average molecular weight is 428 g/mol. The van der Waals surface area contributed by atoms with Gasteiger partial charge in [-0.1, -0.05) is 13.8 Å². The van der Waals surface area contributed by atoms with Crippen LogP contribution in [0.3, 0.4) is 0 Å². The first-order chi connectivity index (χ1) is 13.9. The van der Waals surface area contributed by atoms with E-state index in [0.717, 1.165) is 50.3 Å². The molecule has 1 N–H and O–H groups in total. The molecule has 2 aliphatic carbocycles. The third kappa shape index (κ3) is 3.98. The van der Waals surface area contributed by atoms with Crippen molar-refractivity contribution in [2.45, 2.75) is 64.4 Å². The molecule has 7 atom stereocenters. The predicted molar refractivity (Wildman–Crippen MR) is 113 cm³/mol. The summed E-state index contributed by atoms with van der Waals surface area (Å²) in [5.74, 6) is 2.67. The monoisotopic (exact) mass is 427 g/mol. The van der Waals surface area contributed by atoms with E-state index in [4.69, 9.17) is 14.2 Å². The number of fused-ring (bicyclic) bond motifs is 3. The first-order valence-electron chi connectivity index (χ1n) is 11.2. The lowest BCUT2D eigenvalue weighted by molar-refractivity contribution is -0.316. The molecular formula is C22H37NO5S. The highest BCUT2D eigenvalue weighted by atomic mass is 32.2. The Kier molecular flexibility index (Phi) is 6.53. The first-order valence-corrected chi connectivity index (χ1v) is 12.3. The molecule has 2 aliphatic heterocycles. The van der Waals surface area contributed by atoms with Crippen LogP contribution in [-0.4, -0.2) is 79.3 Å². The molecule has 7 heteroatoms. The van der Waals surface area contributed by atoms with Crippen LogP contribution in [0.1, 0.15) is 46.0 Å². The fraction of sp³-hybridized carbons (Fsp3) is 0.955. The van der Waals surface area contributed by atoms with Crippen molar-refractivity contribution in [3.05, 3.63) is 0 Å². The molecule has 0 radical (unpaired) electrons. The van der Waals surface area contributed by atoms with Gasteiger partial charge in [0.1, 0.15) is 0 Å². The summed E-state index contributed by atoms with van der Waals surface area (Å²) in [5.41, 5.74) is -0.148. The van der Waals surface area contributed by atoms with E-state index < -0.39 is 6.10 Å². The zero-order chi connectivity index (χ0) is 20.6. The lowest BCUT2D eigenvalue weighted by Gasteiger charge is -2.63. The van der Waals surface area contributed by atoms with Crippen molar-refractivity contribution in [2.75, 3.05) is 44.9 Å². The number of ether oxygens (including phenoxy) is 3. The molecule has 0 aromatic heterocycles. The average Bonchev–Trinajstić information content (AvgIpc) is 2.72. The van der Waals surface area contributed by atoms with Crippen LogP contribution in [0.2, 0.25) is 0 Å². The van der Waals surface area contributed by atoms with Gasteiger partial charge in [-0.05, 0) is 42.9 Å². The number of aliphatic hydroxyl groups excluding tert-OH is 1. The van der Waals surface area contributed by atoms with Crippen LogP contribution in [0.5, 0.6) is 0 Å². The minimum Gasteiger partial charge on any atom is -0.393 e. The van der Waals surface area contributed by atoms with Crippen LogP contribution in [0, 0.1) is 22.7 Å². The second-order valence-electron chi connectivity index (χ2n) is 9.87. The second-order valence-corrected chi connectivity index (χ2v) is 11.1. The summed E-state index contributed by atoms with van der Waals surface area (Å²) < 4.78 is 17.5. The Hall–Kier alpha value is -0.340. The number of amides is 1. The fourth-order valence-corrected chi connectivity index (χ4v) is 7.54. The SMILES string of the molecule is COCC1OCC2(C)C(CCC3(C)C(CC(=O)N4CCSCC4)C(O)CCC23)O1. The molecule has 29 heavy (non-hydrogen) atoms. The lowest BCUT2D eigenvalue weighted by Crippen LogP contribution is -2.63. The van der Waals surface area contributed by atoms with E-state index in [1.165, 1.54) is 0 Å². The number of aliphatic hydroxyl groups is 1. The van der Waals surface area contributed by atoms with Gasteiger partial charge in [0.15, 0.2) is 6.29 Å². The van der Waals surface area contributed by atoms with E-state index in [0.29, 0.717) is 25.6 Å². The molecule has 166 valence electrons. The number of hydrogen-bond acceptors (Lipinski definition) is 6. The van der Waals surface area contributed by atoms with Crippen molar-refractivity contribution in [3.8, 4) is 0 Å². The van der Waals surface area contributed by atoms with Gasteiger partial charge in [0.25, 0.3) is 0 Å². The maximum Gasteiger partial charge on any atom is 0.223 e. The maximum atomic E-state index is 13.0. The maximum absolute atomic E-state index is 13.0. The number of thioether (sulfide) groups is 1. The van der Waals surface area contributed by atoms with Gasteiger partial charge in [0.2, 0.25) is 5.91 Å². The number of hydrogen-bond donors (Lipinski definition) is 1. The van der Waals surface area contributed by atoms with Crippen LogP contribution in [0.25, 0.3) is 0 Å². The van der Waals surface area contributed by atoms with Crippen molar-refractivity contribution >= 4 is 17.7 Å². The van der Waals surface area contributed by atoms with Gasteiger partial charge in [-0.3, -0.25) is 4.79 Å². The zero-order valence-electron chi connectivity index (χ0n) is 18.1. The summed E-state index contributed by atoms with van der Waals surface area (Å²) in [6, 6.07) is 0. The highest BCUT2D eigenvalue weighted by Gasteiger charge is 2.61. The summed E-state index contributed by atoms with van der Waals surface area (Å²) >= 11 is 1.92. The zero-order valence-corrected chi connectivity index (χ0v) is 18.9. The topological polar surface area (TPSA) is 68.2 Å². The molecular weight excluding hydrogens is 390 g/mol. The van der Waals surface area contributed by atoms with Crippen LogP contribution in [0.4, 0.5) is 0 Å². The number of methoxy groups -OCH3 is 1. The molecule has 4 rings (SSSR count). The molecule has 7 unspecified atom stereocenters. The smallest absolute Gasteiger partial charge is 0.223 e. The molecule has 6 nitrogen and oxygen atoms in total. The van der Waals surface area contributed by atoms with E-state index in [2.05, 4.69) is 13.8 Å². The van der Waals surface area contributed by atoms with Crippen LogP contribution in [-0.2, 0) is 19.0 Å². The molecule has 4 aliphatic rings. The van der Waals surface area contributed by atoms with Crippen molar-refractivity contribution in [2.24, 2.45) is 22.7 Å². The predicted octanol–water partition coefficient (Wildman–Crippen LogP) is 2.53. The minimum absolute atomic E-state index is 0.0119. The van der Waals surface area contributed by atoms with E-state index in [-0.39, 0.29) is 35.0 Å². The first kappa shape index (κ1) is 21.9. The molecule has 0 bridgehead atoms. The molecule has 2 saturated heterocycles. The number of carbonyl (C=O) groups excluding carboxylic acids is 1. The van der Waals surface area contributed by atoms with Gasteiger partial charge in [0, 0.05) is 43.5 Å². The van der Waals surface area contributed by atoms with Crippen molar-refractivity contribution in [1.29, 1.82) is 0 Å². The van der Waals surface area contributed by atoms with E-state index in [1.54, 1.807) is 7.11 Å². The Labute approximate surface area is 179 Å². The molecule has 4 fully saturated rings. The Bertz CT molecular complexity index is 600. The van der Waals surface area contributed by atoms with Crippen molar-refractivity contribution < 1.29 is 24.1 Å². The standard InChI is InChI=1S/C22H37NO5S/c1-21-7-6-18-22(2,14-27-20(28-18)13-26-3)17(21)5-4-16(24)15(21)12-19(25)23-8-10-29-11-9-23/h15-18,20,24H,4-14H2,1-3H3. The molecule has 0 aromatic rings. The number of rotatable bonds is 4. The molecule has 1 amide bonds. The molecule has 2 saturated carbocycles. The number of nitrogens with zero attached hydrogens (tertiary/aromatic N) is 1. The highest BCUT2D eigenvalue weighted by molar-refractivity contribution is 7.99. The third-order valence-electron chi connectivity index (χ3n) is 8.29. The third-order valence-corrected chi connectivity index (χ3v) is 9.24. The van der Waals surface area contributed by atoms with E-state index in [1.807, 2.05) is 16.7 Å². The van der Waals surface area contributed by atoms with Crippen molar-refractivity contribution in [1.82, 2.24) is 4.90 Å². The molecule has 2 heterocycles. The van der Waals surface area contributed by atoms with Crippen LogP contribution < -0.4 is 0 Å². The van der Waals surface area contributed by atoms with Gasteiger partial charge in [-0.2, -0.15) is 11.8 Å². The highest BCUT2D eigenvalue weighted by Crippen LogP contribution is 2.62. The Balaban J connectivity index is 1.51. The summed E-state index contributed by atoms with van der Waals surface area (Å²) in [6.07, 6.45) is 3.60. The second kappa shape index (κ2) is 8.65. The quantitative estimate of drug-likeness (QED) is 0.744. The summed E-state index contributed by atoms with van der Waals surface area (Å²) in [4.78, 5) is 15.1. The normalized spacial score (nSPS) is 45.4.